The van der Waals surface area contributed by atoms with Crippen LogP contribution >= 0.6 is 0 Å². The highest BCUT2D eigenvalue weighted by atomic mass is 16.5. The Morgan fingerprint density at radius 2 is 1.92 bits per heavy atom. The van der Waals surface area contributed by atoms with Crippen LogP contribution in [0.5, 0.6) is 0 Å². The topological polar surface area (TPSA) is 69.9 Å². The number of ether oxygens (including phenoxy) is 1. The van der Waals surface area contributed by atoms with Crippen molar-refractivity contribution in [2.24, 2.45) is 0 Å². The standard InChI is InChI=1S/C9H20O4/c1-4-9(12,6-10)8(11)7(3)13-5-2/h7-8,10-12H,4-6H2,1-3H3/t7?,8?,9-/m1/s1. The molecule has 0 aromatic heterocycles. The first kappa shape index (κ1) is 12.8. The van der Waals surface area contributed by atoms with E-state index >= 15 is 0 Å². The molecule has 0 heterocycles. The van der Waals surface area contributed by atoms with Crippen LogP contribution in [0.4, 0.5) is 0 Å². The minimum atomic E-state index is -1.45. The molecule has 13 heavy (non-hydrogen) atoms. The van der Waals surface area contributed by atoms with Gasteiger partial charge in [-0.1, -0.05) is 6.92 Å². The van der Waals surface area contributed by atoms with E-state index in [-0.39, 0.29) is 0 Å². The van der Waals surface area contributed by atoms with Crippen LogP contribution < -0.4 is 0 Å². The van der Waals surface area contributed by atoms with E-state index < -0.39 is 24.4 Å². The van der Waals surface area contributed by atoms with Gasteiger partial charge in [0.1, 0.15) is 11.7 Å². The van der Waals surface area contributed by atoms with E-state index in [0.29, 0.717) is 13.0 Å². The van der Waals surface area contributed by atoms with Crippen LogP contribution in [0.25, 0.3) is 0 Å². The highest BCUT2D eigenvalue weighted by Crippen LogP contribution is 2.18. The van der Waals surface area contributed by atoms with Crippen molar-refractivity contribution >= 4 is 0 Å². The quantitative estimate of drug-likeness (QED) is 0.550. The van der Waals surface area contributed by atoms with Crippen LogP contribution in [0.2, 0.25) is 0 Å². The summed E-state index contributed by atoms with van der Waals surface area (Å²) in [4.78, 5) is 0. The molecule has 0 aliphatic carbocycles. The molecule has 0 saturated heterocycles. The van der Waals surface area contributed by atoms with Gasteiger partial charge in [-0.05, 0) is 20.3 Å². The summed E-state index contributed by atoms with van der Waals surface area (Å²) in [6.45, 7) is 5.21. The normalized spacial score (nSPS) is 20.8. The summed E-state index contributed by atoms with van der Waals surface area (Å²) in [5, 5.41) is 28.3. The van der Waals surface area contributed by atoms with E-state index in [1.807, 2.05) is 6.92 Å². The van der Waals surface area contributed by atoms with E-state index in [1.165, 1.54) is 0 Å². The third-order valence-corrected chi connectivity index (χ3v) is 2.31. The Labute approximate surface area is 79.2 Å². The van der Waals surface area contributed by atoms with Gasteiger partial charge < -0.3 is 20.1 Å². The zero-order valence-corrected chi connectivity index (χ0v) is 8.53. The monoisotopic (exact) mass is 192 g/mol. The number of hydrogen-bond donors (Lipinski definition) is 3. The van der Waals surface area contributed by atoms with Gasteiger partial charge >= 0.3 is 0 Å². The molecule has 0 saturated carbocycles. The van der Waals surface area contributed by atoms with Crippen molar-refractivity contribution in [2.45, 2.75) is 45.0 Å². The lowest BCUT2D eigenvalue weighted by Crippen LogP contribution is -2.51. The van der Waals surface area contributed by atoms with E-state index in [0.717, 1.165) is 0 Å². The van der Waals surface area contributed by atoms with Gasteiger partial charge in [-0.15, -0.1) is 0 Å². The first-order valence-corrected chi connectivity index (χ1v) is 4.64. The molecule has 3 atom stereocenters. The zero-order chi connectivity index (χ0) is 10.5. The van der Waals surface area contributed by atoms with Crippen molar-refractivity contribution in [3.63, 3.8) is 0 Å². The summed E-state index contributed by atoms with van der Waals surface area (Å²) >= 11 is 0. The smallest absolute Gasteiger partial charge is 0.116 e. The molecule has 0 rings (SSSR count). The van der Waals surface area contributed by atoms with Gasteiger partial charge in [-0.3, -0.25) is 0 Å². The van der Waals surface area contributed by atoms with Gasteiger partial charge in [0, 0.05) is 6.61 Å². The molecule has 3 N–H and O–H groups in total. The van der Waals surface area contributed by atoms with Crippen LogP contribution in [0.1, 0.15) is 27.2 Å². The van der Waals surface area contributed by atoms with Gasteiger partial charge in [0.05, 0.1) is 12.7 Å². The lowest BCUT2D eigenvalue weighted by molar-refractivity contribution is -0.155. The summed E-state index contributed by atoms with van der Waals surface area (Å²) < 4.78 is 5.13. The van der Waals surface area contributed by atoms with Crippen molar-refractivity contribution in [3.8, 4) is 0 Å². The molecule has 2 unspecified atom stereocenters. The van der Waals surface area contributed by atoms with Gasteiger partial charge in [0.15, 0.2) is 0 Å². The summed E-state index contributed by atoms with van der Waals surface area (Å²) in [7, 11) is 0. The molecule has 0 amide bonds. The summed E-state index contributed by atoms with van der Waals surface area (Å²) in [6, 6.07) is 0. The van der Waals surface area contributed by atoms with E-state index in [9.17, 15) is 10.2 Å². The van der Waals surface area contributed by atoms with Crippen LogP contribution in [0, 0.1) is 0 Å². The molecular weight excluding hydrogens is 172 g/mol. The number of hydrogen-bond acceptors (Lipinski definition) is 4. The Kier molecular flexibility index (Phi) is 5.48. The third-order valence-electron chi connectivity index (χ3n) is 2.31. The lowest BCUT2D eigenvalue weighted by Gasteiger charge is -2.33. The molecule has 0 bridgehead atoms. The maximum atomic E-state index is 9.71. The predicted molar refractivity (Wildman–Crippen MR) is 49.4 cm³/mol. The Bertz CT molecular complexity index is 134. The van der Waals surface area contributed by atoms with Gasteiger partial charge in [0.2, 0.25) is 0 Å². The van der Waals surface area contributed by atoms with Gasteiger partial charge in [-0.2, -0.15) is 0 Å². The van der Waals surface area contributed by atoms with Crippen LogP contribution in [0.3, 0.4) is 0 Å². The predicted octanol–water partition coefficient (Wildman–Crippen LogP) is -0.0943. The number of aliphatic hydroxyl groups excluding tert-OH is 2. The van der Waals surface area contributed by atoms with Crippen molar-refractivity contribution in [1.29, 1.82) is 0 Å². The minimum Gasteiger partial charge on any atom is -0.393 e. The molecule has 80 valence electrons. The molecule has 4 nitrogen and oxygen atoms in total. The maximum absolute atomic E-state index is 9.71. The van der Waals surface area contributed by atoms with Crippen LogP contribution in [0.15, 0.2) is 0 Å². The van der Waals surface area contributed by atoms with Crippen molar-refractivity contribution in [1.82, 2.24) is 0 Å². The largest absolute Gasteiger partial charge is 0.393 e. The molecule has 0 aliphatic rings. The number of aliphatic hydroxyl groups is 3. The lowest BCUT2D eigenvalue weighted by atomic mass is 9.91. The zero-order valence-electron chi connectivity index (χ0n) is 8.53. The average Bonchev–Trinajstić information content (AvgIpc) is 2.16. The Hall–Kier alpha value is -0.160. The fourth-order valence-corrected chi connectivity index (χ4v) is 1.21. The van der Waals surface area contributed by atoms with Gasteiger partial charge in [0.25, 0.3) is 0 Å². The molecule has 0 aromatic rings. The molecular formula is C9H20O4. The Balaban J connectivity index is 4.27. The second-order valence-corrected chi connectivity index (χ2v) is 3.22. The molecule has 4 heteroatoms. The summed E-state index contributed by atoms with van der Waals surface area (Å²) in [5.41, 5.74) is -1.45. The molecule has 0 radical (unpaired) electrons. The Morgan fingerprint density at radius 1 is 1.38 bits per heavy atom. The molecule has 0 aromatic carbocycles. The molecule has 0 fully saturated rings. The number of rotatable bonds is 6. The van der Waals surface area contributed by atoms with E-state index in [1.54, 1.807) is 13.8 Å². The first-order valence-electron chi connectivity index (χ1n) is 4.64. The Morgan fingerprint density at radius 3 is 2.23 bits per heavy atom. The molecule has 0 aliphatic heterocycles. The fraction of sp³-hybridized carbons (Fsp3) is 1.00. The maximum Gasteiger partial charge on any atom is 0.116 e. The highest BCUT2D eigenvalue weighted by molar-refractivity contribution is 4.88. The van der Waals surface area contributed by atoms with E-state index in [2.05, 4.69) is 0 Å². The summed E-state index contributed by atoms with van der Waals surface area (Å²) in [5.74, 6) is 0. The van der Waals surface area contributed by atoms with Crippen LogP contribution in [-0.2, 0) is 4.74 Å². The van der Waals surface area contributed by atoms with Crippen molar-refractivity contribution in [2.75, 3.05) is 13.2 Å². The second kappa shape index (κ2) is 5.54. The highest BCUT2D eigenvalue weighted by Gasteiger charge is 2.37. The molecule has 0 spiro atoms. The second-order valence-electron chi connectivity index (χ2n) is 3.22. The average molecular weight is 192 g/mol. The third kappa shape index (κ3) is 3.23. The van der Waals surface area contributed by atoms with E-state index in [4.69, 9.17) is 9.84 Å². The van der Waals surface area contributed by atoms with Crippen molar-refractivity contribution < 1.29 is 20.1 Å². The van der Waals surface area contributed by atoms with Crippen LogP contribution in [-0.4, -0.2) is 46.3 Å². The minimum absolute atomic E-state index is 0.294. The van der Waals surface area contributed by atoms with Crippen molar-refractivity contribution in [3.05, 3.63) is 0 Å². The summed E-state index contributed by atoms with van der Waals surface area (Å²) in [6.07, 6.45) is -1.23. The van der Waals surface area contributed by atoms with Gasteiger partial charge in [-0.25, -0.2) is 0 Å². The fourth-order valence-electron chi connectivity index (χ4n) is 1.21. The first-order chi connectivity index (χ1) is 6.01. The SMILES string of the molecule is CCOC(C)C(O)[C@@](O)(CC)CO.